The van der Waals surface area contributed by atoms with Crippen LogP contribution in [0.25, 0.3) is 0 Å². The van der Waals surface area contributed by atoms with Crippen molar-refractivity contribution in [3.8, 4) is 0 Å². The van der Waals surface area contributed by atoms with Crippen molar-refractivity contribution in [1.29, 1.82) is 0 Å². The molecule has 0 aromatic heterocycles. The lowest BCUT2D eigenvalue weighted by Gasteiger charge is -2.31. The van der Waals surface area contributed by atoms with Crippen LogP contribution < -0.4 is 0 Å². The highest BCUT2D eigenvalue weighted by molar-refractivity contribution is 6.97. The summed E-state index contributed by atoms with van der Waals surface area (Å²) in [5.74, 6) is -4.73. The van der Waals surface area contributed by atoms with Gasteiger partial charge in [0.25, 0.3) is 0 Å². The van der Waals surface area contributed by atoms with Crippen LogP contribution in [0, 0.1) is 28.6 Å². The van der Waals surface area contributed by atoms with Crippen molar-refractivity contribution in [3.05, 3.63) is 225 Å². The van der Waals surface area contributed by atoms with E-state index in [0.717, 1.165) is 54.7 Å². The summed E-state index contributed by atoms with van der Waals surface area (Å²) in [6, 6.07) is 0. The maximum atomic E-state index is 11.3. The zero-order valence-corrected chi connectivity index (χ0v) is 59.9. The number of allylic oxidation sites excluding steroid dienone is 3. The van der Waals surface area contributed by atoms with Crippen molar-refractivity contribution in [2.75, 3.05) is 52.9 Å². The summed E-state index contributed by atoms with van der Waals surface area (Å²) in [5.41, 5.74) is 5.75. The molecule has 0 aromatic carbocycles. The van der Waals surface area contributed by atoms with Gasteiger partial charge in [-0.15, -0.1) is 46.1 Å². The molecule has 0 bridgehead atoms. The van der Waals surface area contributed by atoms with Crippen LogP contribution in [-0.2, 0) is 105 Å². The molecule has 23 nitrogen and oxygen atoms in total. The molecule has 3 saturated carbocycles. The normalized spacial score (nSPS) is 17.6. The Morgan fingerprint density at radius 2 is 0.574 bits per heavy atom. The minimum atomic E-state index is -1.64. The summed E-state index contributed by atoms with van der Waals surface area (Å²) in [5, 5.41) is 9.48. The highest BCUT2D eigenvalue weighted by Gasteiger charge is 2.38. The summed E-state index contributed by atoms with van der Waals surface area (Å²) in [7, 11) is -1.64. The summed E-state index contributed by atoms with van der Waals surface area (Å²) < 4.78 is 55.0. The summed E-state index contributed by atoms with van der Waals surface area (Å²) >= 11 is 0. The third kappa shape index (κ3) is 42.3. The average Bonchev–Trinajstić information content (AvgIpc) is 0.884. The summed E-state index contributed by atoms with van der Waals surface area (Å²) in [6.45, 7) is 63.0. The number of carbonyl (C=O) groups is 11. The van der Waals surface area contributed by atoms with Crippen LogP contribution in [0.2, 0.25) is 0 Å². The van der Waals surface area contributed by atoms with Gasteiger partial charge in [0.2, 0.25) is 0 Å². The van der Waals surface area contributed by atoms with Gasteiger partial charge in [0, 0.05) is 65.8 Å². The van der Waals surface area contributed by atoms with E-state index in [1.165, 1.54) is 19.3 Å². The van der Waals surface area contributed by atoms with Crippen LogP contribution in [0.1, 0.15) is 84.5 Å². The Morgan fingerprint density at radius 1 is 0.337 bits per heavy atom. The zero-order valence-electron chi connectivity index (χ0n) is 58.9. The molecule has 3 aliphatic carbocycles. The fraction of sp³-hybridized carbons (Fsp3) is 0.390. The second-order valence-corrected chi connectivity index (χ2v) is 26.3. The molecule has 3 rings (SSSR count). The molecule has 24 heteroatoms. The minimum Gasteiger partial charge on any atom is -0.462 e. The number of carbonyl (C=O) groups excluding carboxylic acids is 11. The standard InChI is InChI=1S/C17H20O8.C14H18O7.C14H20O4.C12H16O4.C12H18.C8H12Si/c1-5-13(18)22-9-17(10-23-14(19)6-2,11-24-15(20)7-3)12-25-16(21)8-4;1-4-11(16)19-8-14(7-15,9-20-12(17)5-2)10-21-13(18)6-3;1-9(2)13(15)17-11-5-7-12(8-6-11)18-14(16)10(3)4;1-3-11(13)15-9-5-7-10(8-6-9)16-12(14)4-2;1-4-10-7-8-11(5-2)12(6-3)9-10;1-5-9(6-2,7-3)8-4/h5-8H,1-4,9-12H2;4-6,15H,1-3,7-10H2;11-12H,1,3,5-8H2,2,4H3;3-4,9-10H,1-2,5-8H2;4-6,10-12H,1-3,7-9H2;5-8H,1-4H2. The lowest BCUT2D eigenvalue weighted by molar-refractivity contribution is -0.165. The molecule has 0 radical (unpaired) electrons. The third-order valence-corrected chi connectivity index (χ3v) is 17.7. The first-order valence-electron chi connectivity index (χ1n) is 31.8. The van der Waals surface area contributed by atoms with Gasteiger partial charge < -0.3 is 57.2 Å². The topological polar surface area (TPSA) is 310 Å². The van der Waals surface area contributed by atoms with E-state index >= 15 is 0 Å². The predicted molar refractivity (Wildman–Crippen MR) is 388 cm³/mol. The largest absolute Gasteiger partial charge is 0.462 e. The molecule has 0 spiro atoms. The van der Waals surface area contributed by atoms with Gasteiger partial charge in [-0.1, -0.05) is 113 Å². The molecule has 0 amide bonds. The highest BCUT2D eigenvalue weighted by atomic mass is 28.3. The van der Waals surface area contributed by atoms with Crippen LogP contribution in [0.3, 0.4) is 0 Å². The van der Waals surface area contributed by atoms with E-state index in [1.807, 2.05) is 22.8 Å². The number of hydrogen-bond acceptors (Lipinski definition) is 23. The van der Waals surface area contributed by atoms with Gasteiger partial charge in [-0.3, -0.25) is 0 Å². The Hall–Kier alpha value is -10.3. The Labute approximate surface area is 596 Å². The number of esters is 11. The molecule has 0 aliphatic heterocycles. The number of aliphatic hydroxyl groups is 1. The van der Waals surface area contributed by atoms with Crippen molar-refractivity contribution >= 4 is 73.7 Å². The van der Waals surface area contributed by atoms with Crippen LogP contribution in [0.15, 0.2) is 225 Å². The maximum Gasteiger partial charge on any atom is 0.333 e. The predicted octanol–water partition coefficient (Wildman–Crippen LogP) is 11.2. The summed E-state index contributed by atoms with van der Waals surface area (Å²) in [4.78, 5) is 123. The van der Waals surface area contributed by atoms with Gasteiger partial charge in [-0.2, -0.15) is 0 Å². The molecule has 3 unspecified atom stereocenters. The van der Waals surface area contributed by atoms with Gasteiger partial charge in [0.15, 0.2) is 0 Å². The Balaban J connectivity index is -0.00000117. The molecule has 0 saturated heterocycles. The molecule has 0 heterocycles. The van der Waals surface area contributed by atoms with Crippen LogP contribution in [0.5, 0.6) is 0 Å². The van der Waals surface area contributed by atoms with Crippen LogP contribution in [-0.4, -0.2) is 156 Å². The quantitative estimate of drug-likeness (QED) is 0.0199. The van der Waals surface area contributed by atoms with Gasteiger partial charge in [0.1, 0.15) is 84.2 Å². The van der Waals surface area contributed by atoms with E-state index in [2.05, 4.69) is 137 Å². The fourth-order valence-corrected chi connectivity index (χ4v) is 9.50. The van der Waals surface area contributed by atoms with Gasteiger partial charge in [-0.25, -0.2) is 52.7 Å². The van der Waals surface area contributed by atoms with Gasteiger partial charge in [0.05, 0.1) is 12.0 Å². The Bertz CT molecular complexity index is 2680. The van der Waals surface area contributed by atoms with E-state index < -0.39 is 79.2 Å². The van der Waals surface area contributed by atoms with Crippen molar-refractivity contribution in [3.63, 3.8) is 0 Å². The molecular weight excluding hydrogens is 1320 g/mol. The monoisotopic (exact) mass is 1420 g/mol. The van der Waals surface area contributed by atoms with E-state index in [9.17, 15) is 57.8 Å². The lowest BCUT2D eigenvalue weighted by Crippen LogP contribution is -2.43. The molecule has 3 atom stereocenters. The third-order valence-electron chi connectivity index (χ3n) is 14.9. The average molecular weight is 1430 g/mol. The van der Waals surface area contributed by atoms with E-state index in [-0.39, 0.29) is 82.6 Å². The Kier molecular flexibility index (Phi) is 51.2. The molecule has 0 aromatic rings. The van der Waals surface area contributed by atoms with Gasteiger partial charge >= 0.3 is 65.7 Å². The molecular formula is C77H104O23Si. The molecule has 3 aliphatic rings. The number of hydrogen-bond donors (Lipinski definition) is 1. The first-order chi connectivity index (χ1) is 47.8. The van der Waals surface area contributed by atoms with Crippen molar-refractivity contribution < 1.29 is 110 Å². The van der Waals surface area contributed by atoms with Crippen LogP contribution >= 0.6 is 0 Å². The second-order valence-electron chi connectivity index (χ2n) is 22.7. The first-order valence-corrected chi connectivity index (χ1v) is 34.1. The van der Waals surface area contributed by atoms with Crippen molar-refractivity contribution in [2.24, 2.45) is 28.6 Å². The van der Waals surface area contributed by atoms with E-state index in [4.69, 9.17) is 52.1 Å². The number of aliphatic hydroxyl groups excluding tert-OH is 1. The zero-order chi connectivity index (χ0) is 77.6. The second kappa shape index (κ2) is 54.6. The van der Waals surface area contributed by atoms with Crippen LogP contribution in [0.4, 0.5) is 0 Å². The first kappa shape index (κ1) is 94.9. The molecule has 554 valence electrons. The smallest absolute Gasteiger partial charge is 0.333 e. The minimum absolute atomic E-state index is 0.0795. The summed E-state index contributed by atoms with van der Waals surface area (Å²) in [6.07, 6.45) is 24.2. The molecule has 1 N–H and O–H groups in total. The number of rotatable bonds is 37. The fourth-order valence-electron chi connectivity index (χ4n) is 8.50. The van der Waals surface area contributed by atoms with Gasteiger partial charge in [-0.05, 0) is 102 Å². The van der Waals surface area contributed by atoms with Crippen molar-refractivity contribution in [1.82, 2.24) is 0 Å². The maximum absolute atomic E-state index is 11.3. The lowest BCUT2D eigenvalue weighted by atomic mass is 9.74. The molecule has 101 heavy (non-hydrogen) atoms. The highest BCUT2D eigenvalue weighted by Crippen LogP contribution is 2.36. The SMILES string of the molecule is C=C(C)C(=O)OC1CCC(OC(=O)C(=C)C)CC1.C=CC(=O)OC1CCC(OC(=O)C=C)CC1.C=CC(=O)OCC(CO)(COC(=O)C=C)COC(=O)C=C.C=CC(=O)OCC(COC(=O)C=C)(COC(=O)C=C)COC(=O)C=C.C=CC1CCC(C=C)C(C=C)C1.C=C[Si](C=C)(C=C)C=C. The Morgan fingerprint density at radius 3 is 0.762 bits per heavy atom. The van der Waals surface area contributed by atoms with Crippen molar-refractivity contribution in [2.45, 2.75) is 109 Å². The number of ether oxygens (including phenoxy) is 11. The van der Waals surface area contributed by atoms with E-state index in [1.54, 1.807) is 13.8 Å². The van der Waals surface area contributed by atoms with E-state index in [0.29, 0.717) is 80.3 Å². The molecule has 3 fully saturated rings.